The van der Waals surface area contributed by atoms with E-state index >= 15 is 0 Å². The molecule has 0 rings (SSSR count). The van der Waals surface area contributed by atoms with E-state index in [4.69, 9.17) is 10.5 Å². The Labute approximate surface area is 77.3 Å². The van der Waals surface area contributed by atoms with Gasteiger partial charge >= 0.3 is 0 Å². The van der Waals surface area contributed by atoms with Crippen LogP contribution in [0.1, 0.15) is 20.3 Å². The van der Waals surface area contributed by atoms with Gasteiger partial charge in [-0.25, -0.2) is 4.99 Å². The lowest BCUT2D eigenvalue weighted by molar-refractivity contribution is 0.464. The van der Waals surface area contributed by atoms with Gasteiger partial charge in [0.2, 0.25) is 0 Å². The molecule has 0 radical (unpaired) electrons. The predicted molar refractivity (Wildman–Crippen MR) is 53.2 cm³/mol. The van der Waals surface area contributed by atoms with E-state index in [2.05, 4.69) is 22.4 Å². The minimum atomic E-state index is -0.231. The van der Waals surface area contributed by atoms with Crippen molar-refractivity contribution >= 4 is 23.1 Å². The number of aliphatic imine (C=N–C) groups is 1. The standard InChI is InChI=1S/C8H12N2OS/c1-3-8(10-5-12)7(4-11)6(2)9/h4,8-9,11H,3H2,1-2H3/b7-4+,9-6?/t8-/m1/s1. The number of thiocarbonyl (C=S) groups is 1. The summed E-state index contributed by atoms with van der Waals surface area (Å²) in [5.74, 6) is 0. The largest absolute Gasteiger partial charge is 0.515 e. The quantitative estimate of drug-likeness (QED) is 0.400. The molecule has 0 aromatic carbocycles. The van der Waals surface area contributed by atoms with Crippen LogP contribution in [-0.2, 0) is 0 Å². The Hall–Kier alpha value is -0.990. The van der Waals surface area contributed by atoms with Crippen LogP contribution in [-0.4, -0.2) is 22.0 Å². The van der Waals surface area contributed by atoms with Crippen LogP contribution in [0.2, 0.25) is 0 Å². The first kappa shape index (κ1) is 11.0. The molecule has 0 aromatic rings. The summed E-state index contributed by atoms with van der Waals surface area (Å²) in [5.41, 5.74) is 0.799. The van der Waals surface area contributed by atoms with Crippen LogP contribution in [0.5, 0.6) is 0 Å². The molecule has 0 amide bonds. The zero-order chi connectivity index (χ0) is 9.56. The monoisotopic (exact) mass is 184 g/mol. The second-order valence-electron chi connectivity index (χ2n) is 2.35. The van der Waals surface area contributed by atoms with Crippen molar-refractivity contribution in [1.82, 2.24) is 0 Å². The second-order valence-corrected chi connectivity index (χ2v) is 2.54. The van der Waals surface area contributed by atoms with Crippen molar-refractivity contribution in [2.75, 3.05) is 0 Å². The van der Waals surface area contributed by atoms with Crippen molar-refractivity contribution in [2.24, 2.45) is 4.99 Å². The van der Waals surface area contributed by atoms with E-state index in [-0.39, 0.29) is 6.04 Å². The van der Waals surface area contributed by atoms with Gasteiger partial charge in [-0.05, 0) is 25.6 Å². The molecule has 1 atom stereocenters. The molecule has 0 fully saturated rings. The van der Waals surface area contributed by atoms with Gasteiger partial charge in [0.1, 0.15) is 0 Å². The molecule has 0 unspecified atom stereocenters. The lowest BCUT2D eigenvalue weighted by atomic mass is 10.0. The normalized spacial score (nSPS) is 13.3. The zero-order valence-corrected chi connectivity index (χ0v) is 7.98. The van der Waals surface area contributed by atoms with Crippen LogP contribution in [0.15, 0.2) is 16.8 Å². The average molecular weight is 184 g/mol. The van der Waals surface area contributed by atoms with Gasteiger partial charge in [-0.15, -0.1) is 0 Å². The Kier molecular flexibility index (Phi) is 5.17. The highest BCUT2D eigenvalue weighted by Crippen LogP contribution is 2.10. The summed E-state index contributed by atoms with van der Waals surface area (Å²) in [6.07, 6.45) is 1.61. The van der Waals surface area contributed by atoms with Gasteiger partial charge < -0.3 is 10.5 Å². The first-order valence-electron chi connectivity index (χ1n) is 3.64. The van der Waals surface area contributed by atoms with Crippen molar-refractivity contribution in [3.8, 4) is 0 Å². The van der Waals surface area contributed by atoms with Crippen LogP contribution >= 0.6 is 12.2 Å². The highest BCUT2D eigenvalue weighted by atomic mass is 32.1. The lowest BCUT2D eigenvalue weighted by Gasteiger charge is -2.09. The highest BCUT2D eigenvalue weighted by Gasteiger charge is 2.12. The SMILES string of the molecule is CC[C@@H](N=C=S)/C(=C/O)C(C)=N. The fourth-order valence-electron chi connectivity index (χ4n) is 0.877. The van der Waals surface area contributed by atoms with Crippen LogP contribution in [0.3, 0.4) is 0 Å². The molecule has 0 aliphatic rings. The molecule has 0 spiro atoms. The van der Waals surface area contributed by atoms with Gasteiger partial charge in [0.05, 0.1) is 17.5 Å². The van der Waals surface area contributed by atoms with E-state index in [0.29, 0.717) is 17.7 Å². The molecule has 4 heteroatoms. The van der Waals surface area contributed by atoms with Crippen LogP contribution in [0.25, 0.3) is 0 Å². The van der Waals surface area contributed by atoms with E-state index in [1.165, 1.54) is 0 Å². The van der Waals surface area contributed by atoms with Crippen molar-refractivity contribution in [1.29, 1.82) is 5.41 Å². The van der Waals surface area contributed by atoms with Gasteiger partial charge in [-0.2, -0.15) is 0 Å². The van der Waals surface area contributed by atoms with Crippen molar-refractivity contribution < 1.29 is 5.11 Å². The highest BCUT2D eigenvalue weighted by molar-refractivity contribution is 7.78. The first-order valence-corrected chi connectivity index (χ1v) is 4.05. The molecule has 0 heterocycles. The van der Waals surface area contributed by atoms with E-state index in [0.717, 1.165) is 6.26 Å². The molecule has 0 aliphatic heterocycles. The fourth-order valence-corrected chi connectivity index (χ4v) is 1.00. The number of isothiocyanates is 1. The first-order chi connectivity index (χ1) is 5.67. The maximum Gasteiger partial charge on any atom is 0.0896 e. The Morgan fingerprint density at radius 3 is 2.67 bits per heavy atom. The van der Waals surface area contributed by atoms with Gasteiger partial charge in [-0.1, -0.05) is 6.92 Å². The third-order valence-electron chi connectivity index (χ3n) is 1.53. The predicted octanol–water partition coefficient (Wildman–Crippen LogP) is 2.35. The summed E-state index contributed by atoms with van der Waals surface area (Å²) in [7, 11) is 0. The van der Waals surface area contributed by atoms with Gasteiger partial charge in [0.25, 0.3) is 0 Å². The van der Waals surface area contributed by atoms with E-state index in [1.54, 1.807) is 6.92 Å². The summed E-state index contributed by atoms with van der Waals surface area (Å²) >= 11 is 4.45. The topological polar surface area (TPSA) is 56.4 Å². The Bertz CT molecular complexity index is 241. The summed E-state index contributed by atoms with van der Waals surface area (Å²) < 4.78 is 0. The maximum absolute atomic E-state index is 8.80. The van der Waals surface area contributed by atoms with Crippen molar-refractivity contribution in [3.05, 3.63) is 11.8 Å². The molecule has 66 valence electrons. The van der Waals surface area contributed by atoms with Gasteiger partial charge in [-0.3, -0.25) is 0 Å². The Morgan fingerprint density at radius 1 is 1.83 bits per heavy atom. The van der Waals surface area contributed by atoms with Crippen LogP contribution in [0, 0.1) is 5.41 Å². The molecule has 0 aromatic heterocycles. The number of aliphatic hydroxyl groups excluding tert-OH is 1. The molecular formula is C8H12N2OS. The molecule has 0 saturated carbocycles. The number of hydrogen-bond donors (Lipinski definition) is 2. The smallest absolute Gasteiger partial charge is 0.0896 e. The van der Waals surface area contributed by atoms with E-state index < -0.39 is 0 Å². The van der Waals surface area contributed by atoms with Crippen LogP contribution < -0.4 is 0 Å². The molecular weight excluding hydrogens is 172 g/mol. The maximum atomic E-state index is 8.80. The number of hydrogen-bond acceptors (Lipinski definition) is 4. The Balaban J connectivity index is 4.68. The van der Waals surface area contributed by atoms with E-state index in [9.17, 15) is 0 Å². The Morgan fingerprint density at radius 2 is 2.42 bits per heavy atom. The molecule has 0 bridgehead atoms. The van der Waals surface area contributed by atoms with Crippen molar-refractivity contribution in [2.45, 2.75) is 26.3 Å². The van der Waals surface area contributed by atoms with E-state index in [1.807, 2.05) is 6.92 Å². The summed E-state index contributed by atoms with van der Waals surface area (Å²) in [5, 5.41) is 18.4. The van der Waals surface area contributed by atoms with Gasteiger partial charge in [0, 0.05) is 11.3 Å². The summed E-state index contributed by atoms with van der Waals surface area (Å²) in [6, 6.07) is -0.231. The third kappa shape index (κ3) is 2.95. The van der Waals surface area contributed by atoms with Crippen LogP contribution in [0.4, 0.5) is 0 Å². The van der Waals surface area contributed by atoms with Crippen molar-refractivity contribution in [3.63, 3.8) is 0 Å². The molecule has 3 nitrogen and oxygen atoms in total. The second kappa shape index (κ2) is 5.63. The molecule has 0 aliphatic carbocycles. The minimum Gasteiger partial charge on any atom is -0.515 e. The zero-order valence-electron chi connectivity index (χ0n) is 7.16. The van der Waals surface area contributed by atoms with Gasteiger partial charge in [0.15, 0.2) is 0 Å². The lowest BCUT2D eigenvalue weighted by Crippen LogP contribution is -2.12. The molecule has 2 N–H and O–H groups in total. The fraction of sp³-hybridized carbons (Fsp3) is 0.500. The number of aliphatic hydroxyl groups is 1. The number of nitrogens with zero attached hydrogens (tertiary/aromatic N) is 1. The minimum absolute atomic E-state index is 0.231. The number of nitrogens with one attached hydrogen (secondary N) is 1. The molecule has 12 heavy (non-hydrogen) atoms. The average Bonchev–Trinajstić information content (AvgIpc) is 2.03. The number of rotatable bonds is 4. The summed E-state index contributed by atoms with van der Waals surface area (Å²) in [4.78, 5) is 3.83. The molecule has 0 saturated heterocycles. The third-order valence-corrected chi connectivity index (χ3v) is 1.63. The summed E-state index contributed by atoms with van der Waals surface area (Å²) in [6.45, 7) is 3.51.